The smallest absolute Gasteiger partial charge is 0.328 e. The SMILES string of the molecule is O=C(O)C=CC(=O)O.c1c[nH]cn1. The maximum absolute atomic E-state index is 9.55. The molecule has 1 aromatic rings. The highest BCUT2D eigenvalue weighted by Crippen LogP contribution is 1.70. The molecular formula is C7H8N2O4. The molecule has 0 saturated heterocycles. The number of rotatable bonds is 2. The first-order chi connectivity index (χ1) is 6.13. The van der Waals surface area contributed by atoms with Crippen molar-refractivity contribution in [1.29, 1.82) is 0 Å². The molecular weight excluding hydrogens is 176 g/mol. The van der Waals surface area contributed by atoms with Gasteiger partial charge in [-0.3, -0.25) is 0 Å². The van der Waals surface area contributed by atoms with Crippen LogP contribution in [0, 0.1) is 0 Å². The lowest BCUT2D eigenvalue weighted by molar-refractivity contribution is -0.134. The molecule has 0 aliphatic heterocycles. The molecule has 0 fully saturated rings. The molecule has 0 amide bonds. The molecule has 13 heavy (non-hydrogen) atoms. The molecule has 0 spiro atoms. The van der Waals surface area contributed by atoms with Crippen molar-refractivity contribution >= 4 is 11.9 Å². The predicted molar refractivity (Wildman–Crippen MR) is 43.0 cm³/mol. The summed E-state index contributed by atoms with van der Waals surface area (Å²) in [6.07, 6.45) is 6.20. The van der Waals surface area contributed by atoms with Crippen molar-refractivity contribution in [3.8, 4) is 0 Å². The molecule has 0 aromatic carbocycles. The Balaban J connectivity index is 0.000000243. The van der Waals surface area contributed by atoms with Crippen molar-refractivity contribution in [3.05, 3.63) is 30.9 Å². The minimum absolute atomic E-state index is 0.558. The van der Waals surface area contributed by atoms with E-state index < -0.39 is 11.9 Å². The molecule has 0 atom stereocenters. The van der Waals surface area contributed by atoms with E-state index in [0.717, 1.165) is 0 Å². The molecule has 6 nitrogen and oxygen atoms in total. The number of H-pyrrole nitrogens is 1. The van der Waals surface area contributed by atoms with E-state index in [1.165, 1.54) is 0 Å². The number of carboxylic acids is 2. The first-order valence-electron chi connectivity index (χ1n) is 3.19. The topological polar surface area (TPSA) is 103 Å². The van der Waals surface area contributed by atoms with Gasteiger partial charge in [-0.15, -0.1) is 0 Å². The molecule has 0 unspecified atom stereocenters. The van der Waals surface area contributed by atoms with Gasteiger partial charge in [-0.05, 0) is 0 Å². The average molecular weight is 184 g/mol. The van der Waals surface area contributed by atoms with Gasteiger partial charge in [0.25, 0.3) is 0 Å². The van der Waals surface area contributed by atoms with Crippen LogP contribution in [0.2, 0.25) is 0 Å². The lowest BCUT2D eigenvalue weighted by Gasteiger charge is -1.74. The van der Waals surface area contributed by atoms with Gasteiger partial charge in [0.15, 0.2) is 0 Å². The number of nitrogens with zero attached hydrogens (tertiary/aromatic N) is 1. The predicted octanol–water partition coefficient (Wildman–Crippen LogP) is 0.122. The highest BCUT2D eigenvalue weighted by Gasteiger charge is 1.88. The summed E-state index contributed by atoms with van der Waals surface area (Å²) < 4.78 is 0. The third-order valence-corrected chi connectivity index (χ3v) is 0.774. The molecule has 0 radical (unpaired) electrons. The second kappa shape index (κ2) is 6.59. The molecule has 0 aliphatic carbocycles. The zero-order chi connectivity index (χ0) is 10.1. The summed E-state index contributed by atoms with van der Waals surface area (Å²) in [7, 11) is 0. The Morgan fingerprint density at radius 2 is 1.77 bits per heavy atom. The number of carbonyl (C=O) groups is 2. The van der Waals surface area contributed by atoms with Gasteiger partial charge in [-0.2, -0.15) is 0 Å². The monoisotopic (exact) mass is 184 g/mol. The fraction of sp³-hybridized carbons (Fsp3) is 0. The van der Waals surface area contributed by atoms with Crippen molar-refractivity contribution in [2.75, 3.05) is 0 Å². The van der Waals surface area contributed by atoms with Crippen molar-refractivity contribution in [3.63, 3.8) is 0 Å². The second-order valence-corrected chi connectivity index (χ2v) is 1.77. The van der Waals surface area contributed by atoms with Gasteiger partial charge in [0.05, 0.1) is 6.33 Å². The molecule has 0 saturated carbocycles. The largest absolute Gasteiger partial charge is 0.478 e. The van der Waals surface area contributed by atoms with E-state index in [1.807, 2.05) is 0 Å². The lowest BCUT2D eigenvalue weighted by Crippen LogP contribution is -1.91. The highest BCUT2D eigenvalue weighted by atomic mass is 16.4. The van der Waals surface area contributed by atoms with Crippen LogP contribution in [-0.4, -0.2) is 32.1 Å². The van der Waals surface area contributed by atoms with E-state index >= 15 is 0 Å². The minimum Gasteiger partial charge on any atom is -0.478 e. The Morgan fingerprint density at radius 1 is 1.23 bits per heavy atom. The minimum atomic E-state index is -1.26. The van der Waals surface area contributed by atoms with E-state index in [9.17, 15) is 9.59 Å². The Bertz CT molecular complexity index is 245. The van der Waals surface area contributed by atoms with Crippen molar-refractivity contribution < 1.29 is 19.8 Å². The molecule has 1 aromatic heterocycles. The number of aliphatic carboxylic acids is 2. The molecule has 0 bridgehead atoms. The third kappa shape index (κ3) is 9.89. The first kappa shape index (κ1) is 10.9. The number of carboxylic acid groups (broad SMARTS) is 2. The van der Waals surface area contributed by atoms with Crippen LogP contribution >= 0.6 is 0 Å². The van der Waals surface area contributed by atoms with E-state index in [2.05, 4.69) is 9.97 Å². The number of aromatic nitrogens is 2. The van der Waals surface area contributed by atoms with Gasteiger partial charge >= 0.3 is 11.9 Å². The van der Waals surface area contributed by atoms with Crippen LogP contribution in [0.5, 0.6) is 0 Å². The molecule has 6 heteroatoms. The molecule has 1 rings (SSSR count). The highest BCUT2D eigenvalue weighted by molar-refractivity contribution is 5.89. The van der Waals surface area contributed by atoms with E-state index in [4.69, 9.17) is 10.2 Å². The number of hydrogen-bond donors (Lipinski definition) is 3. The van der Waals surface area contributed by atoms with Crippen LogP contribution in [0.1, 0.15) is 0 Å². The van der Waals surface area contributed by atoms with Crippen LogP contribution in [0.4, 0.5) is 0 Å². The summed E-state index contributed by atoms with van der Waals surface area (Å²) in [5, 5.41) is 15.6. The fourth-order valence-corrected chi connectivity index (χ4v) is 0.358. The van der Waals surface area contributed by atoms with Crippen LogP contribution in [0.25, 0.3) is 0 Å². The Hall–Kier alpha value is -2.11. The van der Waals surface area contributed by atoms with Gasteiger partial charge in [-0.25, -0.2) is 14.6 Å². The molecule has 1 heterocycles. The molecule has 3 N–H and O–H groups in total. The van der Waals surface area contributed by atoms with E-state index in [-0.39, 0.29) is 0 Å². The first-order valence-corrected chi connectivity index (χ1v) is 3.19. The van der Waals surface area contributed by atoms with Gasteiger partial charge < -0.3 is 15.2 Å². The van der Waals surface area contributed by atoms with Crippen LogP contribution in [0.15, 0.2) is 30.9 Å². The Morgan fingerprint density at radius 3 is 1.92 bits per heavy atom. The van der Waals surface area contributed by atoms with Crippen molar-refractivity contribution in [2.24, 2.45) is 0 Å². The number of hydrogen-bond acceptors (Lipinski definition) is 3. The normalized spacial score (nSPS) is 8.92. The van der Waals surface area contributed by atoms with Gasteiger partial charge in [-0.1, -0.05) is 0 Å². The van der Waals surface area contributed by atoms with Crippen molar-refractivity contribution in [2.45, 2.75) is 0 Å². The average Bonchev–Trinajstić information content (AvgIpc) is 2.57. The summed E-state index contributed by atoms with van der Waals surface area (Å²) in [5.41, 5.74) is 0. The fourth-order valence-electron chi connectivity index (χ4n) is 0.358. The number of aromatic amines is 1. The van der Waals surface area contributed by atoms with Crippen molar-refractivity contribution in [1.82, 2.24) is 9.97 Å². The van der Waals surface area contributed by atoms with Gasteiger partial charge in [0, 0.05) is 24.5 Å². The zero-order valence-electron chi connectivity index (χ0n) is 6.54. The van der Waals surface area contributed by atoms with Crippen LogP contribution < -0.4 is 0 Å². The third-order valence-electron chi connectivity index (χ3n) is 0.774. The second-order valence-electron chi connectivity index (χ2n) is 1.77. The van der Waals surface area contributed by atoms with Crippen LogP contribution in [0.3, 0.4) is 0 Å². The standard InChI is InChI=1S/C4H4O4.C3H4N2/c5-3(6)1-2-4(7)8;1-2-5-3-4-1/h1-2H,(H,5,6)(H,7,8);1-3H,(H,4,5). The quantitative estimate of drug-likeness (QED) is 0.566. The maximum atomic E-state index is 9.55. The summed E-state index contributed by atoms with van der Waals surface area (Å²) in [4.78, 5) is 25.5. The molecule has 0 aliphatic rings. The summed E-state index contributed by atoms with van der Waals surface area (Å²) in [5.74, 6) is -2.51. The zero-order valence-corrected chi connectivity index (χ0v) is 6.54. The van der Waals surface area contributed by atoms with Gasteiger partial charge in [0.2, 0.25) is 0 Å². The Labute approximate surface area is 73.5 Å². The molecule has 70 valence electrons. The van der Waals surface area contributed by atoms with Crippen LogP contribution in [-0.2, 0) is 9.59 Å². The number of nitrogens with one attached hydrogen (secondary N) is 1. The van der Waals surface area contributed by atoms with E-state index in [1.54, 1.807) is 18.7 Å². The number of imidazole rings is 1. The van der Waals surface area contributed by atoms with E-state index in [0.29, 0.717) is 12.2 Å². The summed E-state index contributed by atoms with van der Waals surface area (Å²) in [6, 6.07) is 0. The Kier molecular flexibility index (Phi) is 5.52. The summed E-state index contributed by atoms with van der Waals surface area (Å²) >= 11 is 0. The van der Waals surface area contributed by atoms with Gasteiger partial charge in [0.1, 0.15) is 0 Å². The maximum Gasteiger partial charge on any atom is 0.328 e. The lowest BCUT2D eigenvalue weighted by atomic mass is 10.5. The summed E-state index contributed by atoms with van der Waals surface area (Å²) in [6.45, 7) is 0.